The molecule has 2 amide bonds. The van der Waals surface area contributed by atoms with Gasteiger partial charge in [0, 0.05) is 37.0 Å². The van der Waals surface area contributed by atoms with E-state index in [9.17, 15) is 14.0 Å². The van der Waals surface area contributed by atoms with Crippen molar-refractivity contribution in [1.29, 1.82) is 0 Å². The standard InChI is InChI=1S/C16H20ClFN2O2/c17-8-2-5-15(21)19-14-6-9-20(10-7-14)16(22)12-3-1-4-13(18)11-12/h1,3-4,11,14H,2,5-10H2,(H,19,21). The SMILES string of the molecule is O=C(CCCCl)NC1CCN(C(=O)c2cccc(F)c2)CC1. The summed E-state index contributed by atoms with van der Waals surface area (Å²) in [5.74, 6) is -0.0807. The van der Waals surface area contributed by atoms with Gasteiger partial charge in [-0.15, -0.1) is 11.6 Å². The van der Waals surface area contributed by atoms with Gasteiger partial charge in [0.2, 0.25) is 5.91 Å². The molecule has 1 aliphatic rings. The van der Waals surface area contributed by atoms with Crippen LogP contribution in [-0.4, -0.2) is 41.7 Å². The number of piperidine rings is 1. The van der Waals surface area contributed by atoms with Crippen molar-refractivity contribution < 1.29 is 14.0 Å². The highest BCUT2D eigenvalue weighted by molar-refractivity contribution is 6.17. The lowest BCUT2D eigenvalue weighted by Gasteiger charge is -2.32. The zero-order valence-corrected chi connectivity index (χ0v) is 13.1. The van der Waals surface area contributed by atoms with Crippen molar-refractivity contribution in [2.45, 2.75) is 31.7 Å². The first-order valence-electron chi connectivity index (χ1n) is 7.50. The number of alkyl halides is 1. The third-order valence-electron chi connectivity index (χ3n) is 3.76. The molecular formula is C16H20ClFN2O2. The Hall–Kier alpha value is -1.62. The summed E-state index contributed by atoms with van der Waals surface area (Å²) in [5, 5.41) is 2.97. The minimum Gasteiger partial charge on any atom is -0.353 e. The first-order chi connectivity index (χ1) is 10.6. The van der Waals surface area contributed by atoms with Gasteiger partial charge in [0.25, 0.3) is 5.91 Å². The molecule has 2 rings (SSSR count). The monoisotopic (exact) mass is 326 g/mol. The molecule has 0 spiro atoms. The molecule has 1 fully saturated rings. The largest absolute Gasteiger partial charge is 0.353 e. The Morgan fingerprint density at radius 1 is 1.32 bits per heavy atom. The predicted molar refractivity (Wildman–Crippen MR) is 83.4 cm³/mol. The fraction of sp³-hybridized carbons (Fsp3) is 0.500. The Morgan fingerprint density at radius 2 is 2.05 bits per heavy atom. The van der Waals surface area contributed by atoms with Crippen molar-refractivity contribution >= 4 is 23.4 Å². The Morgan fingerprint density at radius 3 is 2.68 bits per heavy atom. The molecule has 22 heavy (non-hydrogen) atoms. The highest BCUT2D eigenvalue weighted by Crippen LogP contribution is 2.15. The normalized spacial score (nSPS) is 15.6. The first kappa shape index (κ1) is 16.7. The molecule has 1 heterocycles. The maximum atomic E-state index is 13.2. The van der Waals surface area contributed by atoms with E-state index >= 15 is 0 Å². The Balaban J connectivity index is 1.82. The Labute approximate surface area is 134 Å². The van der Waals surface area contributed by atoms with E-state index in [0.717, 1.165) is 0 Å². The summed E-state index contributed by atoms with van der Waals surface area (Å²) < 4.78 is 13.2. The van der Waals surface area contributed by atoms with E-state index in [0.29, 0.717) is 50.2 Å². The first-order valence-corrected chi connectivity index (χ1v) is 8.04. The molecule has 1 aromatic carbocycles. The van der Waals surface area contributed by atoms with Crippen molar-refractivity contribution in [3.8, 4) is 0 Å². The average molecular weight is 327 g/mol. The summed E-state index contributed by atoms with van der Waals surface area (Å²) in [6, 6.07) is 5.82. The molecule has 1 aromatic rings. The molecule has 0 bridgehead atoms. The van der Waals surface area contributed by atoms with Gasteiger partial charge in [-0.2, -0.15) is 0 Å². The van der Waals surface area contributed by atoms with Crippen molar-refractivity contribution in [3.05, 3.63) is 35.6 Å². The molecule has 0 aliphatic carbocycles. The molecule has 120 valence electrons. The van der Waals surface area contributed by atoms with Crippen molar-refractivity contribution in [2.24, 2.45) is 0 Å². The van der Waals surface area contributed by atoms with Crippen LogP contribution in [0, 0.1) is 5.82 Å². The van der Waals surface area contributed by atoms with Gasteiger partial charge in [-0.25, -0.2) is 4.39 Å². The van der Waals surface area contributed by atoms with E-state index in [-0.39, 0.29) is 17.9 Å². The number of amides is 2. The average Bonchev–Trinajstić information content (AvgIpc) is 2.53. The third kappa shape index (κ3) is 4.70. The fourth-order valence-corrected chi connectivity index (χ4v) is 2.69. The number of carbonyl (C=O) groups is 2. The molecule has 6 heteroatoms. The lowest BCUT2D eigenvalue weighted by atomic mass is 10.0. The molecule has 0 aromatic heterocycles. The summed E-state index contributed by atoms with van der Waals surface area (Å²) in [7, 11) is 0. The molecule has 1 aliphatic heterocycles. The van der Waals surface area contributed by atoms with Crippen molar-refractivity contribution in [1.82, 2.24) is 10.2 Å². The highest BCUT2D eigenvalue weighted by atomic mass is 35.5. The van der Waals surface area contributed by atoms with Gasteiger partial charge in [0.15, 0.2) is 0 Å². The van der Waals surface area contributed by atoms with E-state index < -0.39 is 5.82 Å². The van der Waals surface area contributed by atoms with Crippen LogP contribution in [0.3, 0.4) is 0 Å². The number of rotatable bonds is 5. The van der Waals surface area contributed by atoms with Crippen LogP contribution < -0.4 is 5.32 Å². The zero-order valence-electron chi connectivity index (χ0n) is 12.4. The van der Waals surface area contributed by atoms with Crippen molar-refractivity contribution in [3.63, 3.8) is 0 Å². The van der Waals surface area contributed by atoms with Crippen LogP contribution in [0.25, 0.3) is 0 Å². The van der Waals surface area contributed by atoms with Gasteiger partial charge in [0.05, 0.1) is 0 Å². The van der Waals surface area contributed by atoms with Crippen LogP contribution >= 0.6 is 11.6 Å². The van der Waals surface area contributed by atoms with Gasteiger partial charge in [0.1, 0.15) is 5.82 Å². The Kier molecular flexibility index (Phi) is 6.19. The number of hydrogen-bond donors (Lipinski definition) is 1. The van der Waals surface area contributed by atoms with E-state index in [2.05, 4.69) is 5.32 Å². The smallest absolute Gasteiger partial charge is 0.253 e. The predicted octanol–water partition coefficient (Wildman–Crippen LogP) is 2.57. The number of halogens is 2. The molecule has 0 atom stereocenters. The van der Waals surface area contributed by atoms with Crippen LogP contribution in [0.2, 0.25) is 0 Å². The lowest BCUT2D eigenvalue weighted by molar-refractivity contribution is -0.122. The summed E-state index contributed by atoms with van der Waals surface area (Å²) in [4.78, 5) is 25.6. The molecule has 0 saturated carbocycles. The number of hydrogen-bond acceptors (Lipinski definition) is 2. The highest BCUT2D eigenvalue weighted by Gasteiger charge is 2.24. The Bertz CT molecular complexity index is 531. The molecular weight excluding hydrogens is 307 g/mol. The van der Waals surface area contributed by atoms with Gasteiger partial charge >= 0.3 is 0 Å². The van der Waals surface area contributed by atoms with Gasteiger partial charge in [-0.3, -0.25) is 9.59 Å². The maximum absolute atomic E-state index is 13.2. The minimum absolute atomic E-state index is 0.00977. The number of nitrogens with one attached hydrogen (secondary N) is 1. The molecule has 0 unspecified atom stereocenters. The van der Waals surface area contributed by atoms with Gasteiger partial charge in [-0.05, 0) is 37.5 Å². The number of carbonyl (C=O) groups excluding carboxylic acids is 2. The van der Waals surface area contributed by atoms with Crippen LogP contribution in [-0.2, 0) is 4.79 Å². The van der Waals surface area contributed by atoms with Crippen molar-refractivity contribution in [2.75, 3.05) is 19.0 Å². The van der Waals surface area contributed by atoms with Crippen LogP contribution in [0.4, 0.5) is 4.39 Å². The van der Waals surface area contributed by atoms with Gasteiger partial charge in [-0.1, -0.05) is 6.07 Å². The number of benzene rings is 1. The maximum Gasteiger partial charge on any atom is 0.253 e. The minimum atomic E-state index is -0.410. The number of nitrogens with zero attached hydrogens (tertiary/aromatic N) is 1. The second kappa shape index (κ2) is 8.13. The van der Waals surface area contributed by atoms with Crippen LogP contribution in [0.1, 0.15) is 36.0 Å². The summed E-state index contributed by atoms with van der Waals surface area (Å²) in [6.07, 6.45) is 2.54. The molecule has 4 nitrogen and oxygen atoms in total. The number of likely N-dealkylation sites (tertiary alicyclic amines) is 1. The molecule has 1 saturated heterocycles. The van der Waals surface area contributed by atoms with E-state index in [1.54, 1.807) is 11.0 Å². The second-order valence-corrected chi connectivity index (χ2v) is 5.81. The summed E-state index contributed by atoms with van der Waals surface area (Å²) in [5.41, 5.74) is 0.365. The zero-order chi connectivity index (χ0) is 15.9. The van der Waals surface area contributed by atoms with E-state index in [4.69, 9.17) is 11.6 Å². The van der Waals surface area contributed by atoms with Crippen LogP contribution in [0.15, 0.2) is 24.3 Å². The summed E-state index contributed by atoms with van der Waals surface area (Å²) in [6.45, 7) is 1.13. The second-order valence-electron chi connectivity index (χ2n) is 5.44. The quantitative estimate of drug-likeness (QED) is 0.845. The summed E-state index contributed by atoms with van der Waals surface area (Å²) >= 11 is 5.56. The van der Waals surface area contributed by atoms with Crippen LogP contribution in [0.5, 0.6) is 0 Å². The third-order valence-corrected chi connectivity index (χ3v) is 4.02. The van der Waals surface area contributed by atoms with E-state index in [1.165, 1.54) is 18.2 Å². The fourth-order valence-electron chi connectivity index (χ4n) is 2.56. The van der Waals surface area contributed by atoms with Gasteiger partial charge < -0.3 is 10.2 Å². The topological polar surface area (TPSA) is 49.4 Å². The lowest BCUT2D eigenvalue weighted by Crippen LogP contribution is -2.46. The van der Waals surface area contributed by atoms with E-state index in [1.807, 2.05) is 0 Å². The molecule has 1 N–H and O–H groups in total. The molecule has 0 radical (unpaired) electrons.